The molecule has 0 radical (unpaired) electrons. The van der Waals surface area contributed by atoms with Gasteiger partial charge in [-0.1, -0.05) is 0 Å². The van der Waals surface area contributed by atoms with Crippen molar-refractivity contribution in [3.63, 3.8) is 0 Å². The molecule has 2 fully saturated rings. The fraction of sp³-hybridized carbons (Fsp3) is 0.938. The van der Waals surface area contributed by atoms with E-state index in [9.17, 15) is 9.18 Å². The zero-order valence-electron chi connectivity index (χ0n) is 13.5. The van der Waals surface area contributed by atoms with E-state index in [4.69, 9.17) is 9.47 Å². The zero-order valence-corrected chi connectivity index (χ0v) is 13.5. The van der Waals surface area contributed by atoms with Crippen LogP contribution < -0.4 is 0 Å². The van der Waals surface area contributed by atoms with E-state index in [0.717, 1.165) is 26.1 Å². The Balaban J connectivity index is 1.80. The number of piperidine rings is 1. The Morgan fingerprint density at radius 3 is 2.38 bits per heavy atom. The van der Waals surface area contributed by atoms with Crippen LogP contribution in [0.4, 0.5) is 9.18 Å². The third kappa shape index (κ3) is 5.13. The average Bonchev–Trinajstić information content (AvgIpc) is 2.38. The number of hydrogen-bond donors (Lipinski definition) is 0. The lowest BCUT2D eigenvalue weighted by Crippen LogP contribution is -2.47. The van der Waals surface area contributed by atoms with Gasteiger partial charge in [0.25, 0.3) is 0 Å². The third-order valence-electron chi connectivity index (χ3n) is 4.31. The number of amides is 1. The average molecular weight is 301 g/mol. The van der Waals surface area contributed by atoms with Crippen LogP contribution in [0.25, 0.3) is 0 Å². The summed E-state index contributed by atoms with van der Waals surface area (Å²) in [6, 6.07) is 0. The summed E-state index contributed by atoms with van der Waals surface area (Å²) in [7, 11) is 0. The minimum Gasteiger partial charge on any atom is -0.444 e. The van der Waals surface area contributed by atoms with Gasteiger partial charge in [-0.05, 0) is 58.8 Å². The summed E-state index contributed by atoms with van der Waals surface area (Å²) in [6.45, 7) is 7.96. The van der Waals surface area contributed by atoms with Crippen LogP contribution in [0, 0.1) is 5.92 Å². The summed E-state index contributed by atoms with van der Waals surface area (Å²) in [5.41, 5.74) is -1.62. The molecule has 2 saturated heterocycles. The van der Waals surface area contributed by atoms with E-state index in [1.165, 1.54) is 0 Å². The Morgan fingerprint density at radius 2 is 1.86 bits per heavy atom. The maximum absolute atomic E-state index is 14.9. The Labute approximate surface area is 127 Å². The van der Waals surface area contributed by atoms with Crippen molar-refractivity contribution in [1.29, 1.82) is 0 Å². The van der Waals surface area contributed by atoms with E-state index < -0.39 is 11.3 Å². The van der Waals surface area contributed by atoms with Crippen LogP contribution in [0.3, 0.4) is 0 Å². The highest BCUT2D eigenvalue weighted by atomic mass is 19.1. The third-order valence-corrected chi connectivity index (χ3v) is 4.31. The van der Waals surface area contributed by atoms with Crippen molar-refractivity contribution in [2.45, 2.75) is 64.1 Å². The van der Waals surface area contributed by atoms with E-state index in [0.29, 0.717) is 38.3 Å². The van der Waals surface area contributed by atoms with Gasteiger partial charge >= 0.3 is 6.09 Å². The van der Waals surface area contributed by atoms with Crippen LogP contribution in [0.2, 0.25) is 0 Å². The first kappa shape index (κ1) is 16.5. The van der Waals surface area contributed by atoms with Crippen molar-refractivity contribution in [3.8, 4) is 0 Å². The number of hydrogen-bond acceptors (Lipinski definition) is 3. The molecule has 5 heteroatoms. The van der Waals surface area contributed by atoms with Crippen LogP contribution in [0.1, 0.15) is 52.9 Å². The minimum absolute atomic E-state index is 0.324. The molecule has 0 unspecified atom stereocenters. The molecule has 21 heavy (non-hydrogen) atoms. The molecule has 4 nitrogen and oxygen atoms in total. The SMILES string of the molecule is CC(C)(C)OC(=O)N1CCC(F)(CC2CCOCC2)CC1. The summed E-state index contributed by atoms with van der Waals surface area (Å²) in [4.78, 5) is 13.6. The molecular weight excluding hydrogens is 273 g/mol. The zero-order chi connectivity index (χ0) is 15.5. The first-order valence-corrected chi connectivity index (χ1v) is 8.02. The van der Waals surface area contributed by atoms with E-state index in [1.54, 1.807) is 4.90 Å². The van der Waals surface area contributed by atoms with Crippen LogP contribution >= 0.6 is 0 Å². The molecule has 0 aliphatic carbocycles. The van der Waals surface area contributed by atoms with Crippen molar-refractivity contribution < 1.29 is 18.7 Å². The van der Waals surface area contributed by atoms with Gasteiger partial charge in [0.1, 0.15) is 11.3 Å². The second-order valence-electron chi connectivity index (χ2n) is 7.38. The standard InChI is InChI=1S/C16H28FNO3/c1-15(2,3)21-14(19)18-8-6-16(17,7-9-18)12-13-4-10-20-11-5-13/h13H,4-12H2,1-3H3. The molecule has 2 aliphatic heterocycles. The second-order valence-corrected chi connectivity index (χ2v) is 7.38. The number of rotatable bonds is 2. The van der Waals surface area contributed by atoms with E-state index in [-0.39, 0.29) is 6.09 Å². The predicted octanol–water partition coefficient (Wildman–Crippen LogP) is 3.54. The quantitative estimate of drug-likeness (QED) is 0.783. The number of carbonyl (C=O) groups is 1. The van der Waals surface area contributed by atoms with E-state index in [1.807, 2.05) is 20.8 Å². The van der Waals surface area contributed by atoms with Crippen LogP contribution in [0.5, 0.6) is 0 Å². The lowest BCUT2D eigenvalue weighted by atomic mass is 9.81. The molecule has 0 bridgehead atoms. The molecule has 0 aromatic carbocycles. The normalized spacial score (nSPS) is 23.9. The fourth-order valence-electron chi connectivity index (χ4n) is 3.09. The number of alkyl halides is 1. The highest BCUT2D eigenvalue weighted by molar-refractivity contribution is 5.68. The maximum Gasteiger partial charge on any atom is 0.410 e. The topological polar surface area (TPSA) is 38.8 Å². The molecule has 2 aliphatic rings. The molecule has 2 heterocycles. The molecular formula is C16H28FNO3. The van der Waals surface area contributed by atoms with Gasteiger partial charge in [0.05, 0.1) is 0 Å². The Kier molecular flexibility index (Phi) is 5.12. The van der Waals surface area contributed by atoms with Gasteiger partial charge in [0.15, 0.2) is 0 Å². The van der Waals surface area contributed by atoms with Crippen LogP contribution in [-0.2, 0) is 9.47 Å². The van der Waals surface area contributed by atoms with Crippen molar-refractivity contribution in [2.75, 3.05) is 26.3 Å². The Bertz CT molecular complexity index is 353. The molecule has 122 valence electrons. The van der Waals surface area contributed by atoms with Crippen LogP contribution in [-0.4, -0.2) is 48.6 Å². The minimum atomic E-state index is -1.12. The predicted molar refractivity (Wildman–Crippen MR) is 79.0 cm³/mol. The van der Waals surface area contributed by atoms with Gasteiger partial charge in [0.2, 0.25) is 0 Å². The fourth-order valence-corrected chi connectivity index (χ4v) is 3.09. The number of nitrogens with zero attached hydrogens (tertiary/aromatic N) is 1. The number of halogens is 1. The largest absolute Gasteiger partial charge is 0.444 e. The molecule has 0 atom stereocenters. The van der Waals surface area contributed by atoms with Crippen molar-refractivity contribution in [2.24, 2.45) is 5.92 Å². The van der Waals surface area contributed by atoms with E-state index in [2.05, 4.69) is 0 Å². The van der Waals surface area contributed by atoms with Gasteiger partial charge in [-0.3, -0.25) is 0 Å². The lowest BCUT2D eigenvalue weighted by Gasteiger charge is -2.39. The van der Waals surface area contributed by atoms with Gasteiger partial charge < -0.3 is 14.4 Å². The molecule has 1 amide bonds. The molecule has 0 N–H and O–H groups in total. The monoisotopic (exact) mass is 301 g/mol. The summed E-state index contributed by atoms with van der Waals surface area (Å²) in [5, 5.41) is 0. The molecule has 0 aromatic rings. The molecule has 0 saturated carbocycles. The van der Waals surface area contributed by atoms with Gasteiger partial charge in [0, 0.05) is 26.3 Å². The Hall–Kier alpha value is -0.840. The Morgan fingerprint density at radius 1 is 1.29 bits per heavy atom. The lowest BCUT2D eigenvalue weighted by molar-refractivity contribution is -0.0119. The maximum atomic E-state index is 14.9. The second kappa shape index (κ2) is 6.51. The number of ether oxygens (including phenoxy) is 2. The van der Waals surface area contributed by atoms with E-state index >= 15 is 0 Å². The van der Waals surface area contributed by atoms with Gasteiger partial charge in [-0.2, -0.15) is 0 Å². The van der Waals surface area contributed by atoms with Crippen molar-refractivity contribution in [1.82, 2.24) is 4.90 Å². The summed E-state index contributed by atoms with van der Waals surface area (Å²) in [5.74, 6) is 0.428. The first-order chi connectivity index (χ1) is 9.77. The van der Waals surface area contributed by atoms with Crippen LogP contribution in [0.15, 0.2) is 0 Å². The first-order valence-electron chi connectivity index (χ1n) is 8.02. The smallest absolute Gasteiger partial charge is 0.410 e. The number of likely N-dealkylation sites (tertiary alicyclic amines) is 1. The summed E-state index contributed by atoms with van der Waals surface area (Å²) >= 11 is 0. The molecule has 0 aromatic heterocycles. The molecule has 0 spiro atoms. The van der Waals surface area contributed by atoms with Crippen molar-refractivity contribution in [3.05, 3.63) is 0 Å². The summed E-state index contributed by atoms with van der Waals surface area (Å²) in [6.07, 6.45) is 3.05. The molecule has 2 rings (SSSR count). The number of carbonyl (C=O) groups excluding carboxylic acids is 1. The highest BCUT2D eigenvalue weighted by Crippen LogP contribution is 2.36. The summed E-state index contributed by atoms with van der Waals surface area (Å²) < 4.78 is 25.6. The van der Waals surface area contributed by atoms with Crippen molar-refractivity contribution >= 4 is 6.09 Å². The van der Waals surface area contributed by atoms with Gasteiger partial charge in [-0.15, -0.1) is 0 Å². The highest BCUT2D eigenvalue weighted by Gasteiger charge is 2.39. The van der Waals surface area contributed by atoms with Gasteiger partial charge in [-0.25, -0.2) is 9.18 Å².